The molecule has 0 aromatic heterocycles. The molecule has 2 aromatic rings. The first-order valence-corrected chi connectivity index (χ1v) is 9.11. The summed E-state index contributed by atoms with van der Waals surface area (Å²) in [7, 11) is 3.49. The van der Waals surface area contributed by atoms with Crippen molar-refractivity contribution in [1.82, 2.24) is 0 Å². The van der Waals surface area contributed by atoms with Gasteiger partial charge in [0.1, 0.15) is 11.5 Å². The van der Waals surface area contributed by atoms with Crippen LogP contribution in [-0.2, 0) is 6.42 Å². The first-order chi connectivity index (χ1) is 11.8. The van der Waals surface area contributed by atoms with Crippen LogP contribution in [0.1, 0.15) is 54.2 Å². The molecule has 2 aromatic carbocycles. The molecule has 2 aliphatic rings. The maximum atomic E-state index is 5.47. The van der Waals surface area contributed by atoms with E-state index in [1.54, 1.807) is 19.8 Å². The quantitative estimate of drug-likeness (QED) is 0.761. The van der Waals surface area contributed by atoms with E-state index in [0.29, 0.717) is 11.8 Å². The molecular formula is C22H26O2. The Morgan fingerprint density at radius 3 is 2.25 bits per heavy atom. The van der Waals surface area contributed by atoms with Crippen molar-refractivity contribution < 1.29 is 9.47 Å². The van der Waals surface area contributed by atoms with Crippen LogP contribution in [0.2, 0.25) is 0 Å². The van der Waals surface area contributed by atoms with E-state index in [1.807, 2.05) is 0 Å². The van der Waals surface area contributed by atoms with Crippen LogP contribution < -0.4 is 9.47 Å². The summed E-state index contributed by atoms with van der Waals surface area (Å²) in [6, 6.07) is 15.5. The average molecular weight is 322 g/mol. The van der Waals surface area contributed by atoms with Gasteiger partial charge in [-0.05, 0) is 78.0 Å². The fraction of sp³-hybridized carbons (Fsp3) is 0.455. The second-order valence-corrected chi connectivity index (χ2v) is 7.20. The predicted octanol–water partition coefficient (Wildman–Crippen LogP) is 5.32. The van der Waals surface area contributed by atoms with Crippen molar-refractivity contribution in [2.24, 2.45) is 5.92 Å². The van der Waals surface area contributed by atoms with Gasteiger partial charge in [-0.2, -0.15) is 0 Å². The first kappa shape index (κ1) is 15.6. The zero-order valence-electron chi connectivity index (χ0n) is 14.6. The molecule has 0 aliphatic heterocycles. The molecule has 0 saturated heterocycles. The maximum Gasteiger partial charge on any atom is 0.119 e. The number of ether oxygens (including phenoxy) is 2. The minimum Gasteiger partial charge on any atom is -0.497 e. The molecule has 0 amide bonds. The summed E-state index contributed by atoms with van der Waals surface area (Å²) in [5.41, 5.74) is 4.52. The zero-order chi connectivity index (χ0) is 16.5. The molecule has 0 radical (unpaired) electrons. The molecule has 1 saturated carbocycles. The van der Waals surface area contributed by atoms with E-state index < -0.39 is 0 Å². The van der Waals surface area contributed by atoms with Crippen LogP contribution in [-0.4, -0.2) is 14.2 Å². The lowest BCUT2D eigenvalue weighted by atomic mass is 9.61. The van der Waals surface area contributed by atoms with Gasteiger partial charge in [-0.25, -0.2) is 0 Å². The summed E-state index contributed by atoms with van der Waals surface area (Å²) < 4.78 is 10.8. The smallest absolute Gasteiger partial charge is 0.119 e. The highest BCUT2D eigenvalue weighted by atomic mass is 16.5. The van der Waals surface area contributed by atoms with Crippen molar-refractivity contribution in [1.29, 1.82) is 0 Å². The average Bonchev–Trinajstić information content (AvgIpc) is 2.67. The Kier molecular flexibility index (Phi) is 4.22. The van der Waals surface area contributed by atoms with Crippen molar-refractivity contribution in [3.63, 3.8) is 0 Å². The van der Waals surface area contributed by atoms with E-state index in [2.05, 4.69) is 42.5 Å². The summed E-state index contributed by atoms with van der Waals surface area (Å²) in [6.45, 7) is 0. The third kappa shape index (κ3) is 2.68. The molecular weight excluding hydrogens is 296 g/mol. The van der Waals surface area contributed by atoms with Gasteiger partial charge in [-0.15, -0.1) is 0 Å². The minimum atomic E-state index is 0.612. The van der Waals surface area contributed by atoms with Crippen molar-refractivity contribution in [2.45, 2.75) is 43.9 Å². The zero-order valence-corrected chi connectivity index (χ0v) is 14.6. The number of benzene rings is 2. The highest BCUT2D eigenvalue weighted by molar-refractivity contribution is 5.43. The first-order valence-electron chi connectivity index (χ1n) is 9.11. The standard InChI is InChI=1S/C22H26O2/c1-23-17-9-7-15(8-10-17)22-14-16-13-18(24-2)11-12-19(16)20-5-3-4-6-21(20)22/h7-13,20-22H,3-6,14H2,1-2H3/t20-,21-,22-/m0/s1. The number of rotatable bonds is 3. The Hall–Kier alpha value is -1.96. The van der Waals surface area contributed by atoms with Gasteiger partial charge >= 0.3 is 0 Å². The van der Waals surface area contributed by atoms with Gasteiger partial charge in [0.05, 0.1) is 14.2 Å². The van der Waals surface area contributed by atoms with E-state index in [9.17, 15) is 0 Å². The van der Waals surface area contributed by atoms with Crippen molar-refractivity contribution >= 4 is 0 Å². The number of hydrogen-bond acceptors (Lipinski definition) is 2. The van der Waals surface area contributed by atoms with Gasteiger partial charge in [0.25, 0.3) is 0 Å². The monoisotopic (exact) mass is 322 g/mol. The lowest BCUT2D eigenvalue weighted by molar-refractivity contribution is 0.243. The van der Waals surface area contributed by atoms with Crippen molar-refractivity contribution in [2.75, 3.05) is 14.2 Å². The van der Waals surface area contributed by atoms with Crippen LogP contribution in [0.4, 0.5) is 0 Å². The third-order valence-corrected chi connectivity index (χ3v) is 6.07. The molecule has 126 valence electrons. The predicted molar refractivity (Wildman–Crippen MR) is 97.1 cm³/mol. The second kappa shape index (κ2) is 6.51. The van der Waals surface area contributed by atoms with E-state index in [0.717, 1.165) is 23.8 Å². The van der Waals surface area contributed by atoms with Gasteiger partial charge in [0, 0.05) is 0 Å². The Morgan fingerprint density at radius 1 is 0.792 bits per heavy atom. The van der Waals surface area contributed by atoms with Gasteiger partial charge in [-0.3, -0.25) is 0 Å². The normalized spacial score (nSPS) is 25.5. The molecule has 0 bridgehead atoms. The number of fused-ring (bicyclic) bond motifs is 3. The van der Waals surface area contributed by atoms with E-state index in [1.165, 1.54) is 36.8 Å². The third-order valence-electron chi connectivity index (χ3n) is 6.07. The lowest BCUT2D eigenvalue weighted by Crippen LogP contribution is -2.30. The topological polar surface area (TPSA) is 18.5 Å². The van der Waals surface area contributed by atoms with E-state index >= 15 is 0 Å². The molecule has 1 fully saturated rings. The molecule has 2 aliphatic carbocycles. The second-order valence-electron chi connectivity index (χ2n) is 7.20. The molecule has 3 atom stereocenters. The van der Waals surface area contributed by atoms with E-state index in [-0.39, 0.29) is 0 Å². The molecule has 2 nitrogen and oxygen atoms in total. The van der Waals surface area contributed by atoms with Gasteiger partial charge < -0.3 is 9.47 Å². The maximum absolute atomic E-state index is 5.47. The number of methoxy groups -OCH3 is 2. The molecule has 0 N–H and O–H groups in total. The molecule has 24 heavy (non-hydrogen) atoms. The fourth-order valence-corrected chi connectivity index (χ4v) is 4.88. The van der Waals surface area contributed by atoms with Crippen LogP contribution in [0.25, 0.3) is 0 Å². The minimum absolute atomic E-state index is 0.612. The van der Waals surface area contributed by atoms with Crippen molar-refractivity contribution in [3.8, 4) is 11.5 Å². The summed E-state index contributed by atoms with van der Waals surface area (Å²) in [5.74, 6) is 4.02. The van der Waals surface area contributed by atoms with Crippen LogP contribution in [0.15, 0.2) is 42.5 Å². The largest absolute Gasteiger partial charge is 0.497 e. The fourth-order valence-electron chi connectivity index (χ4n) is 4.88. The summed E-state index contributed by atoms with van der Waals surface area (Å²) in [4.78, 5) is 0. The highest BCUT2D eigenvalue weighted by Gasteiger charge is 2.38. The Balaban J connectivity index is 1.73. The van der Waals surface area contributed by atoms with Gasteiger partial charge in [0.2, 0.25) is 0 Å². The molecule has 0 heterocycles. The van der Waals surface area contributed by atoms with Crippen LogP contribution in [0.3, 0.4) is 0 Å². The molecule has 0 unspecified atom stereocenters. The van der Waals surface area contributed by atoms with Crippen LogP contribution in [0, 0.1) is 5.92 Å². The molecule has 4 rings (SSSR count). The lowest BCUT2D eigenvalue weighted by Gasteiger charge is -2.43. The summed E-state index contributed by atoms with van der Waals surface area (Å²) in [5, 5.41) is 0. The van der Waals surface area contributed by atoms with Crippen molar-refractivity contribution in [3.05, 3.63) is 59.2 Å². The highest BCUT2D eigenvalue weighted by Crippen LogP contribution is 2.51. The summed E-state index contributed by atoms with van der Waals surface area (Å²) in [6.07, 6.45) is 6.55. The molecule has 2 heteroatoms. The Bertz CT molecular complexity index is 704. The van der Waals surface area contributed by atoms with E-state index in [4.69, 9.17) is 9.47 Å². The summed E-state index contributed by atoms with van der Waals surface area (Å²) >= 11 is 0. The number of hydrogen-bond donors (Lipinski definition) is 0. The Labute approximate surface area is 144 Å². The SMILES string of the molecule is COc1ccc([C@@H]2Cc3cc(OC)ccc3[C@@H]3CCCC[C@H]23)cc1. The molecule has 0 spiro atoms. The Morgan fingerprint density at radius 2 is 1.50 bits per heavy atom. The van der Waals surface area contributed by atoms with Gasteiger partial charge in [-0.1, -0.05) is 31.0 Å². The van der Waals surface area contributed by atoms with Gasteiger partial charge in [0.15, 0.2) is 0 Å². The van der Waals surface area contributed by atoms with Crippen LogP contribution >= 0.6 is 0 Å². The van der Waals surface area contributed by atoms with Crippen LogP contribution in [0.5, 0.6) is 11.5 Å².